The van der Waals surface area contributed by atoms with Crippen molar-refractivity contribution in [2.75, 3.05) is 0 Å². The van der Waals surface area contributed by atoms with Crippen LogP contribution in [-0.4, -0.2) is 38.5 Å². The third-order valence-electron chi connectivity index (χ3n) is 2.55. The van der Waals surface area contributed by atoms with Crippen molar-refractivity contribution in [3.05, 3.63) is 12.3 Å². The molecule has 0 N–H and O–H groups in total. The molecule has 0 radical (unpaired) electrons. The van der Waals surface area contributed by atoms with E-state index in [2.05, 4.69) is 6.58 Å². The molecule has 0 saturated carbocycles. The summed E-state index contributed by atoms with van der Waals surface area (Å²) in [5.41, 5.74) is -12.3. The number of sulfone groups is 2. The number of hydrogen-bond donors (Lipinski definition) is 0. The van der Waals surface area contributed by atoms with Gasteiger partial charge in [0, 0.05) is 0 Å². The zero-order chi connectivity index (χ0) is 18.9. The lowest BCUT2D eigenvalue weighted by Crippen LogP contribution is -2.45. The fourth-order valence-corrected chi connectivity index (χ4v) is 5.03. The van der Waals surface area contributed by atoms with Gasteiger partial charge in [0.1, 0.15) is 0 Å². The van der Waals surface area contributed by atoms with Crippen molar-refractivity contribution < 1.29 is 47.9 Å². The Morgan fingerprint density at radius 1 is 0.957 bits per heavy atom. The fourth-order valence-electron chi connectivity index (χ4n) is 1.55. The lowest BCUT2D eigenvalue weighted by molar-refractivity contribution is -0.0474. The highest BCUT2D eigenvalue weighted by atomic mass is 32.3. The van der Waals surface area contributed by atoms with E-state index in [9.17, 15) is 43.2 Å². The first-order valence-electron chi connectivity index (χ1n) is 5.87. The van der Waals surface area contributed by atoms with Gasteiger partial charge >= 0.3 is 11.0 Å². The van der Waals surface area contributed by atoms with E-state index >= 15 is 0 Å². The highest BCUT2D eigenvalue weighted by molar-refractivity contribution is 8.09. The van der Waals surface area contributed by atoms with E-state index in [-0.39, 0.29) is 5.76 Å². The molecule has 0 aromatic heterocycles. The molecular formula is C10H14F6O5S2. The number of hydrogen-bond acceptors (Lipinski definition) is 5. The molecule has 0 aromatic carbocycles. The first-order chi connectivity index (χ1) is 9.94. The van der Waals surface area contributed by atoms with Gasteiger partial charge in [0.2, 0.25) is 0 Å². The van der Waals surface area contributed by atoms with Crippen molar-refractivity contribution in [3.8, 4) is 0 Å². The SMILES string of the molecule is C=C(C)OC(C)CCC(S(=O)(=O)C(F)(F)F)S(=O)(=O)C(F)(F)F. The minimum absolute atomic E-state index is 0.0754. The topological polar surface area (TPSA) is 77.5 Å². The van der Waals surface area contributed by atoms with Gasteiger partial charge in [-0.3, -0.25) is 0 Å². The van der Waals surface area contributed by atoms with Crippen LogP contribution in [-0.2, 0) is 24.4 Å². The lowest BCUT2D eigenvalue weighted by Gasteiger charge is -2.22. The summed E-state index contributed by atoms with van der Waals surface area (Å²) in [6.07, 6.45) is -3.14. The molecule has 1 atom stereocenters. The summed E-state index contributed by atoms with van der Waals surface area (Å²) < 4.78 is 121. The van der Waals surface area contributed by atoms with E-state index in [0.29, 0.717) is 0 Å². The minimum atomic E-state index is -6.59. The Balaban J connectivity index is 5.75. The van der Waals surface area contributed by atoms with Crippen molar-refractivity contribution >= 4 is 19.7 Å². The predicted molar refractivity (Wildman–Crippen MR) is 68.3 cm³/mol. The molecule has 0 spiro atoms. The maximum Gasteiger partial charge on any atom is 0.498 e. The number of rotatable bonds is 7. The summed E-state index contributed by atoms with van der Waals surface area (Å²) in [4.78, 5) is 0. The molecule has 0 bridgehead atoms. The van der Waals surface area contributed by atoms with Gasteiger partial charge in [-0.2, -0.15) is 26.3 Å². The van der Waals surface area contributed by atoms with E-state index in [4.69, 9.17) is 4.74 Å². The molecule has 138 valence electrons. The summed E-state index contributed by atoms with van der Waals surface area (Å²) in [5, 5.41) is 0. The molecular weight excluding hydrogens is 378 g/mol. The van der Waals surface area contributed by atoms with Gasteiger partial charge in [-0.25, -0.2) is 16.8 Å². The maximum absolute atomic E-state index is 12.5. The Morgan fingerprint density at radius 3 is 1.57 bits per heavy atom. The van der Waals surface area contributed by atoms with Crippen LogP contribution < -0.4 is 0 Å². The summed E-state index contributed by atoms with van der Waals surface area (Å²) in [5.74, 6) is 0.0754. The normalized spacial score (nSPS) is 15.5. The summed E-state index contributed by atoms with van der Waals surface area (Å²) in [6.45, 7) is 5.83. The molecule has 0 fully saturated rings. The summed E-state index contributed by atoms with van der Waals surface area (Å²) in [6, 6.07) is 0. The van der Waals surface area contributed by atoms with Gasteiger partial charge in [-0.15, -0.1) is 0 Å². The van der Waals surface area contributed by atoms with Gasteiger partial charge in [0.05, 0.1) is 11.9 Å². The Kier molecular flexibility index (Phi) is 6.58. The molecule has 0 aromatic rings. The van der Waals surface area contributed by atoms with Crippen LogP contribution in [0.15, 0.2) is 12.3 Å². The smallest absolute Gasteiger partial charge is 0.496 e. The van der Waals surface area contributed by atoms with Gasteiger partial charge in [0.15, 0.2) is 4.58 Å². The van der Waals surface area contributed by atoms with E-state index in [1.54, 1.807) is 0 Å². The van der Waals surface area contributed by atoms with Crippen LogP contribution in [0.4, 0.5) is 26.3 Å². The number of alkyl halides is 6. The molecule has 0 heterocycles. The van der Waals surface area contributed by atoms with Crippen LogP contribution in [0.1, 0.15) is 26.7 Å². The second-order valence-corrected chi connectivity index (χ2v) is 9.16. The lowest BCUT2D eigenvalue weighted by atomic mass is 10.2. The molecule has 0 aliphatic carbocycles. The van der Waals surface area contributed by atoms with Crippen LogP contribution in [0.3, 0.4) is 0 Å². The van der Waals surface area contributed by atoms with Crippen molar-refractivity contribution in [1.82, 2.24) is 0 Å². The van der Waals surface area contributed by atoms with Crippen molar-refractivity contribution in [1.29, 1.82) is 0 Å². The highest BCUT2D eigenvalue weighted by Gasteiger charge is 2.62. The molecule has 0 rings (SSSR count). The fraction of sp³-hybridized carbons (Fsp3) is 0.800. The monoisotopic (exact) mass is 392 g/mol. The van der Waals surface area contributed by atoms with Gasteiger partial charge in [-0.1, -0.05) is 6.58 Å². The quantitative estimate of drug-likeness (QED) is 0.492. The van der Waals surface area contributed by atoms with E-state index in [0.717, 1.165) is 0 Å². The van der Waals surface area contributed by atoms with Crippen LogP contribution in [0, 0.1) is 0 Å². The maximum atomic E-state index is 12.5. The largest absolute Gasteiger partial charge is 0.498 e. The zero-order valence-electron chi connectivity index (χ0n) is 11.9. The van der Waals surface area contributed by atoms with Crippen molar-refractivity contribution in [3.63, 3.8) is 0 Å². The second kappa shape index (κ2) is 6.87. The van der Waals surface area contributed by atoms with Gasteiger partial charge in [-0.05, 0) is 26.7 Å². The Morgan fingerprint density at radius 2 is 1.30 bits per heavy atom. The molecule has 1 unspecified atom stereocenters. The van der Waals surface area contributed by atoms with Crippen LogP contribution >= 0.6 is 0 Å². The first kappa shape index (κ1) is 22.0. The third kappa shape index (κ3) is 5.26. The molecule has 0 aliphatic heterocycles. The van der Waals surface area contributed by atoms with Crippen molar-refractivity contribution in [2.45, 2.75) is 48.4 Å². The average Bonchev–Trinajstić information content (AvgIpc) is 2.23. The van der Waals surface area contributed by atoms with E-state index < -0.39 is 54.2 Å². The summed E-state index contributed by atoms with van der Waals surface area (Å²) in [7, 11) is -13.2. The van der Waals surface area contributed by atoms with Gasteiger partial charge in [0.25, 0.3) is 19.7 Å². The molecule has 23 heavy (non-hydrogen) atoms. The number of allylic oxidation sites excluding steroid dienone is 1. The van der Waals surface area contributed by atoms with Crippen LogP contribution in [0.25, 0.3) is 0 Å². The molecule has 0 amide bonds. The zero-order valence-corrected chi connectivity index (χ0v) is 13.5. The standard InChI is InChI=1S/C10H14F6O5S2/c1-6(2)21-7(3)4-5-8(22(17,18)9(11,12)13)23(19,20)10(14,15)16/h7-8H,1,4-5H2,2-3H3. The number of halogens is 6. The van der Waals surface area contributed by atoms with Crippen LogP contribution in [0.5, 0.6) is 0 Å². The number of ether oxygens (including phenoxy) is 1. The van der Waals surface area contributed by atoms with Crippen molar-refractivity contribution in [2.24, 2.45) is 0 Å². The summed E-state index contributed by atoms with van der Waals surface area (Å²) >= 11 is 0. The van der Waals surface area contributed by atoms with Gasteiger partial charge < -0.3 is 4.74 Å². The molecule has 13 heteroatoms. The predicted octanol–water partition coefficient (Wildman–Crippen LogP) is 2.90. The average molecular weight is 392 g/mol. The molecule has 0 aliphatic rings. The highest BCUT2D eigenvalue weighted by Crippen LogP contribution is 2.38. The van der Waals surface area contributed by atoms with E-state index in [1.165, 1.54) is 13.8 Å². The Labute approximate surface area is 129 Å². The Hall–Kier alpha value is -0.980. The van der Waals surface area contributed by atoms with E-state index in [1.807, 2.05) is 0 Å². The van der Waals surface area contributed by atoms with Crippen LogP contribution in [0.2, 0.25) is 0 Å². The third-order valence-corrected chi connectivity index (χ3v) is 7.22. The molecule has 5 nitrogen and oxygen atoms in total. The second-order valence-electron chi connectivity index (χ2n) is 4.62. The first-order valence-corrected chi connectivity index (χ1v) is 8.96. The molecule has 0 saturated heterocycles. The Bertz CT molecular complexity index is 588. The minimum Gasteiger partial charge on any atom is -0.496 e.